The second-order valence-corrected chi connectivity index (χ2v) is 4.32. The van der Waals surface area contributed by atoms with E-state index in [0.29, 0.717) is 4.47 Å². The van der Waals surface area contributed by atoms with Crippen LogP contribution in [0.1, 0.15) is 24.2 Å². The number of halogens is 1. The Hall–Kier alpha value is -1.43. The maximum atomic E-state index is 11.5. The number of nitro benzene ring substituents is 1. The number of hydrogen-bond acceptors (Lipinski definition) is 4. The van der Waals surface area contributed by atoms with Crippen molar-refractivity contribution in [1.82, 2.24) is 0 Å². The van der Waals surface area contributed by atoms with Crippen LogP contribution >= 0.6 is 15.9 Å². The minimum atomic E-state index is -0.570. The fraction of sp³-hybridized carbons (Fsp3) is 0.300. The highest BCUT2D eigenvalue weighted by molar-refractivity contribution is 9.10. The zero-order valence-electron chi connectivity index (χ0n) is 8.77. The molecule has 86 valence electrons. The van der Waals surface area contributed by atoms with Gasteiger partial charge in [0.2, 0.25) is 0 Å². The molecule has 1 aromatic carbocycles. The van der Waals surface area contributed by atoms with Crippen molar-refractivity contribution in [3.63, 3.8) is 0 Å². The molecular formula is C10H10BrNO4. The number of carbonyl (C=O) groups excluding carboxylic acids is 1. The molecule has 0 aliphatic carbocycles. The number of hydrogen-bond donors (Lipinski definition) is 0. The largest absolute Gasteiger partial charge is 0.459 e. The first-order valence-corrected chi connectivity index (χ1v) is 5.35. The van der Waals surface area contributed by atoms with Crippen LogP contribution in [0.25, 0.3) is 0 Å². The molecule has 0 N–H and O–H groups in total. The number of esters is 1. The zero-order chi connectivity index (χ0) is 12.3. The highest BCUT2D eigenvalue weighted by Crippen LogP contribution is 2.22. The first kappa shape index (κ1) is 12.6. The van der Waals surface area contributed by atoms with E-state index in [1.807, 2.05) is 0 Å². The van der Waals surface area contributed by atoms with Crippen molar-refractivity contribution in [1.29, 1.82) is 0 Å². The fourth-order valence-electron chi connectivity index (χ4n) is 1.08. The quantitative estimate of drug-likeness (QED) is 0.487. The monoisotopic (exact) mass is 287 g/mol. The van der Waals surface area contributed by atoms with Crippen LogP contribution in [0.15, 0.2) is 22.7 Å². The minimum absolute atomic E-state index is 0.148. The second-order valence-electron chi connectivity index (χ2n) is 3.41. The van der Waals surface area contributed by atoms with Crippen LogP contribution in [0.4, 0.5) is 5.69 Å². The van der Waals surface area contributed by atoms with E-state index in [2.05, 4.69) is 15.9 Å². The molecule has 0 amide bonds. The summed E-state index contributed by atoms with van der Waals surface area (Å²) in [6, 6.07) is 4.00. The Morgan fingerprint density at radius 2 is 2.06 bits per heavy atom. The minimum Gasteiger partial charge on any atom is -0.459 e. The number of nitro groups is 1. The average Bonchev–Trinajstić information content (AvgIpc) is 2.15. The molecule has 0 saturated heterocycles. The number of non-ortho nitro benzene ring substituents is 1. The van der Waals surface area contributed by atoms with Crippen molar-refractivity contribution in [3.05, 3.63) is 38.3 Å². The van der Waals surface area contributed by atoms with Crippen LogP contribution in [0.2, 0.25) is 0 Å². The molecule has 16 heavy (non-hydrogen) atoms. The first-order chi connectivity index (χ1) is 7.40. The molecule has 5 nitrogen and oxygen atoms in total. The van der Waals surface area contributed by atoms with Crippen molar-refractivity contribution in [2.75, 3.05) is 0 Å². The van der Waals surface area contributed by atoms with Gasteiger partial charge in [-0.2, -0.15) is 0 Å². The zero-order valence-corrected chi connectivity index (χ0v) is 10.4. The normalized spacial score (nSPS) is 10.2. The second kappa shape index (κ2) is 5.07. The van der Waals surface area contributed by atoms with Crippen molar-refractivity contribution in [2.45, 2.75) is 20.0 Å². The van der Waals surface area contributed by atoms with Gasteiger partial charge in [-0.3, -0.25) is 10.1 Å². The maximum absolute atomic E-state index is 11.5. The number of rotatable bonds is 3. The lowest BCUT2D eigenvalue weighted by molar-refractivity contribution is -0.385. The van der Waals surface area contributed by atoms with Crippen molar-refractivity contribution in [2.24, 2.45) is 0 Å². The van der Waals surface area contributed by atoms with Gasteiger partial charge in [0.15, 0.2) is 0 Å². The number of nitrogens with zero attached hydrogens (tertiary/aromatic N) is 1. The SMILES string of the molecule is CC(C)OC(=O)c1cc(Br)cc([N+](=O)[O-])c1. The lowest BCUT2D eigenvalue weighted by atomic mass is 10.2. The maximum Gasteiger partial charge on any atom is 0.338 e. The van der Waals surface area contributed by atoms with Crippen molar-refractivity contribution >= 4 is 27.6 Å². The molecule has 0 bridgehead atoms. The summed E-state index contributed by atoms with van der Waals surface area (Å²) in [7, 11) is 0. The number of carbonyl (C=O) groups is 1. The predicted octanol–water partition coefficient (Wildman–Crippen LogP) is 2.92. The summed E-state index contributed by atoms with van der Waals surface area (Å²) < 4.78 is 5.41. The molecule has 6 heteroatoms. The number of benzene rings is 1. The lowest BCUT2D eigenvalue weighted by Crippen LogP contribution is -2.11. The third kappa shape index (κ3) is 3.30. The molecule has 0 aliphatic heterocycles. The van der Waals surface area contributed by atoms with E-state index < -0.39 is 10.9 Å². The summed E-state index contributed by atoms with van der Waals surface area (Å²) in [5.74, 6) is -0.570. The molecule has 0 spiro atoms. The van der Waals surface area contributed by atoms with Crippen LogP contribution in [0, 0.1) is 10.1 Å². The smallest absolute Gasteiger partial charge is 0.338 e. The topological polar surface area (TPSA) is 69.4 Å². The molecule has 0 atom stereocenters. The van der Waals surface area contributed by atoms with E-state index in [1.54, 1.807) is 13.8 Å². The molecule has 0 heterocycles. The van der Waals surface area contributed by atoms with Gasteiger partial charge in [0.05, 0.1) is 16.6 Å². The third-order valence-electron chi connectivity index (χ3n) is 1.67. The number of ether oxygens (including phenoxy) is 1. The molecule has 0 saturated carbocycles. The molecule has 0 unspecified atom stereocenters. The highest BCUT2D eigenvalue weighted by atomic mass is 79.9. The average molecular weight is 288 g/mol. The van der Waals surface area contributed by atoms with Crippen LogP contribution < -0.4 is 0 Å². The Morgan fingerprint density at radius 3 is 2.56 bits per heavy atom. The first-order valence-electron chi connectivity index (χ1n) is 4.56. The Labute approximate surface area is 101 Å². The molecule has 0 fully saturated rings. The molecule has 1 rings (SSSR count). The Bertz CT molecular complexity index is 431. The summed E-state index contributed by atoms with van der Waals surface area (Å²) >= 11 is 3.10. The van der Waals surface area contributed by atoms with E-state index in [0.717, 1.165) is 0 Å². The Balaban J connectivity index is 3.05. The molecule has 0 aromatic heterocycles. The van der Waals surface area contributed by atoms with Crippen LogP contribution in [-0.4, -0.2) is 17.0 Å². The van der Waals surface area contributed by atoms with E-state index >= 15 is 0 Å². The van der Waals surface area contributed by atoms with Crippen LogP contribution in [-0.2, 0) is 4.74 Å². The summed E-state index contributed by atoms with van der Waals surface area (Å²) in [6.45, 7) is 3.43. The van der Waals surface area contributed by atoms with E-state index in [1.165, 1.54) is 18.2 Å². The molecule has 1 aromatic rings. The van der Waals surface area contributed by atoms with Gasteiger partial charge in [0, 0.05) is 16.6 Å². The van der Waals surface area contributed by atoms with Gasteiger partial charge in [0.1, 0.15) is 0 Å². The summed E-state index contributed by atoms with van der Waals surface area (Å²) in [5, 5.41) is 10.6. The highest BCUT2D eigenvalue weighted by Gasteiger charge is 2.15. The van der Waals surface area contributed by atoms with Crippen molar-refractivity contribution in [3.8, 4) is 0 Å². The molecule has 0 aliphatic rings. The van der Waals surface area contributed by atoms with Gasteiger partial charge < -0.3 is 4.74 Å². The van der Waals surface area contributed by atoms with Gasteiger partial charge in [-0.15, -0.1) is 0 Å². The van der Waals surface area contributed by atoms with Crippen LogP contribution in [0.5, 0.6) is 0 Å². The fourth-order valence-corrected chi connectivity index (χ4v) is 1.56. The van der Waals surface area contributed by atoms with Crippen LogP contribution in [0.3, 0.4) is 0 Å². The standard InChI is InChI=1S/C10H10BrNO4/c1-6(2)16-10(13)7-3-8(11)5-9(4-7)12(14)15/h3-6H,1-2H3. The van der Waals surface area contributed by atoms with E-state index in [9.17, 15) is 14.9 Å². The van der Waals surface area contributed by atoms with E-state index in [4.69, 9.17) is 4.74 Å². The van der Waals surface area contributed by atoms with Gasteiger partial charge in [-0.1, -0.05) is 15.9 Å². The van der Waals surface area contributed by atoms with Crippen molar-refractivity contribution < 1.29 is 14.5 Å². The van der Waals surface area contributed by atoms with Gasteiger partial charge in [0.25, 0.3) is 5.69 Å². The lowest BCUT2D eigenvalue weighted by Gasteiger charge is -2.07. The summed E-state index contributed by atoms with van der Waals surface area (Å²) in [6.07, 6.45) is -0.259. The third-order valence-corrected chi connectivity index (χ3v) is 2.13. The van der Waals surface area contributed by atoms with Gasteiger partial charge in [-0.05, 0) is 19.9 Å². The summed E-state index contributed by atoms with van der Waals surface area (Å²) in [4.78, 5) is 21.5. The molecular weight excluding hydrogens is 278 g/mol. The van der Waals surface area contributed by atoms with Gasteiger partial charge >= 0.3 is 5.97 Å². The Morgan fingerprint density at radius 1 is 1.44 bits per heavy atom. The summed E-state index contributed by atoms with van der Waals surface area (Å²) in [5.41, 5.74) is 0.0138. The van der Waals surface area contributed by atoms with E-state index in [-0.39, 0.29) is 17.4 Å². The Kier molecular flexibility index (Phi) is 4.00. The molecule has 0 radical (unpaired) electrons. The predicted molar refractivity (Wildman–Crippen MR) is 61.3 cm³/mol. The van der Waals surface area contributed by atoms with Gasteiger partial charge in [-0.25, -0.2) is 4.79 Å².